The van der Waals surface area contributed by atoms with Gasteiger partial charge in [-0.25, -0.2) is 0 Å². The zero-order valence-electron chi connectivity index (χ0n) is 14.0. The van der Waals surface area contributed by atoms with Gasteiger partial charge in [-0.15, -0.1) is 0 Å². The zero-order chi connectivity index (χ0) is 15.7. The summed E-state index contributed by atoms with van der Waals surface area (Å²) in [6.45, 7) is 6.77. The number of likely N-dealkylation sites (N-methyl/N-ethyl adjacent to an activating group) is 1. The second-order valence-electron chi connectivity index (χ2n) is 6.96. The fraction of sp³-hybridized carbons (Fsp3) is 0.526. The molecule has 4 heteroatoms. The molecule has 0 bridgehead atoms. The van der Waals surface area contributed by atoms with Gasteiger partial charge in [0.2, 0.25) is 0 Å². The maximum absolute atomic E-state index is 5.08. The van der Waals surface area contributed by atoms with E-state index in [1.165, 1.54) is 11.1 Å². The Morgan fingerprint density at radius 2 is 1.70 bits per heavy atom. The van der Waals surface area contributed by atoms with Crippen LogP contribution in [0, 0.1) is 0 Å². The van der Waals surface area contributed by atoms with E-state index in [0.717, 1.165) is 57.6 Å². The van der Waals surface area contributed by atoms with Gasteiger partial charge >= 0.3 is 0 Å². The Hall–Kier alpha value is -1.49. The Kier molecular flexibility index (Phi) is 4.05. The molecule has 0 spiro atoms. The van der Waals surface area contributed by atoms with Crippen LogP contribution in [0.3, 0.4) is 0 Å². The van der Waals surface area contributed by atoms with Crippen molar-refractivity contribution in [2.75, 3.05) is 46.3 Å². The molecule has 2 saturated heterocycles. The molecule has 1 aromatic heterocycles. The second-order valence-corrected chi connectivity index (χ2v) is 6.96. The highest BCUT2D eigenvalue weighted by molar-refractivity contribution is 5.78. The van der Waals surface area contributed by atoms with Gasteiger partial charge in [0.1, 0.15) is 0 Å². The quantitative estimate of drug-likeness (QED) is 0.920. The number of piperidine rings is 1. The van der Waals surface area contributed by atoms with Crippen LogP contribution in [0.15, 0.2) is 36.4 Å². The third-order valence-electron chi connectivity index (χ3n) is 5.61. The van der Waals surface area contributed by atoms with Gasteiger partial charge in [-0.2, -0.15) is 0 Å². The summed E-state index contributed by atoms with van der Waals surface area (Å²) in [4.78, 5) is 10.2. The van der Waals surface area contributed by atoms with Gasteiger partial charge in [0.15, 0.2) is 0 Å². The molecule has 23 heavy (non-hydrogen) atoms. The summed E-state index contributed by atoms with van der Waals surface area (Å²) in [6.07, 6.45) is 2.31. The van der Waals surface area contributed by atoms with Gasteiger partial charge in [-0.1, -0.05) is 24.3 Å². The number of rotatable bonds is 2. The SMILES string of the molecule is CN1CCN(C2(c3ccc4ccccc4n3)CCNCC2)CC1. The first kappa shape index (κ1) is 15.1. The largest absolute Gasteiger partial charge is 0.317 e. The molecule has 2 fully saturated rings. The highest BCUT2D eigenvalue weighted by Gasteiger charge is 2.41. The first-order valence-corrected chi connectivity index (χ1v) is 8.79. The molecular weight excluding hydrogens is 284 g/mol. The molecule has 1 aromatic carbocycles. The molecule has 2 aromatic rings. The molecule has 3 heterocycles. The van der Waals surface area contributed by atoms with Crippen molar-refractivity contribution >= 4 is 10.9 Å². The monoisotopic (exact) mass is 310 g/mol. The van der Waals surface area contributed by atoms with Gasteiger partial charge in [-0.05, 0) is 45.1 Å². The molecule has 0 saturated carbocycles. The predicted molar refractivity (Wildman–Crippen MR) is 94.6 cm³/mol. The molecule has 0 radical (unpaired) electrons. The van der Waals surface area contributed by atoms with E-state index in [9.17, 15) is 0 Å². The van der Waals surface area contributed by atoms with E-state index in [1.54, 1.807) is 0 Å². The van der Waals surface area contributed by atoms with Crippen molar-refractivity contribution in [2.24, 2.45) is 0 Å². The average Bonchev–Trinajstić information content (AvgIpc) is 2.62. The molecule has 122 valence electrons. The van der Waals surface area contributed by atoms with Crippen LogP contribution in [-0.4, -0.2) is 61.1 Å². The lowest BCUT2D eigenvalue weighted by Gasteiger charge is -2.49. The number of nitrogens with one attached hydrogen (secondary N) is 1. The lowest BCUT2D eigenvalue weighted by atomic mass is 9.82. The van der Waals surface area contributed by atoms with Gasteiger partial charge < -0.3 is 10.2 Å². The van der Waals surface area contributed by atoms with Crippen molar-refractivity contribution in [2.45, 2.75) is 18.4 Å². The molecule has 4 rings (SSSR count). The van der Waals surface area contributed by atoms with Crippen molar-refractivity contribution in [3.8, 4) is 0 Å². The number of aromatic nitrogens is 1. The van der Waals surface area contributed by atoms with E-state index in [0.29, 0.717) is 0 Å². The van der Waals surface area contributed by atoms with Crippen LogP contribution in [0.5, 0.6) is 0 Å². The van der Waals surface area contributed by atoms with E-state index in [2.05, 4.69) is 58.6 Å². The number of hydrogen-bond acceptors (Lipinski definition) is 4. The third kappa shape index (κ3) is 2.75. The summed E-state index contributed by atoms with van der Waals surface area (Å²) in [6, 6.07) is 13.0. The molecule has 2 aliphatic rings. The summed E-state index contributed by atoms with van der Waals surface area (Å²) in [5.41, 5.74) is 2.50. The molecule has 4 nitrogen and oxygen atoms in total. The smallest absolute Gasteiger partial charge is 0.0706 e. The van der Waals surface area contributed by atoms with Crippen molar-refractivity contribution in [3.05, 3.63) is 42.1 Å². The first-order chi connectivity index (χ1) is 11.3. The van der Waals surface area contributed by atoms with E-state index >= 15 is 0 Å². The summed E-state index contributed by atoms with van der Waals surface area (Å²) in [5.74, 6) is 0. The first-order valence-electron chi connectivity index (χ1n) is 8.79. The Morgan fingerprint density at radius 1 is 0.957 bits per heavy atom. The van der Waals surface area contributed by atoms with Gasteiger partial charge in [0.05, 0.1) is 16.7 Å². The van der Waals surface area contributed by atoms with Crippen LogP contribution < -0.4 is 5.32 Å². The molecule has 2 aliphatic heterocycles. The summed E-state index contributed by atoms with van der Waals surface area (Å²) in [5, 5.41) is 4.76. The highest BCUT2D eigenvalue weighted by atomic mass is 15.3. The fourth-order valence-corrected chi connectivity index (χ4v) is 4.13. The Balaban J connectivity index is 1.74. The van der Waals surface area contributed by atoms with Crippen molar-refractivity contribution in [1.82, 2.24) is 20.1 Å². The summed E-state index contributed by atoms with van der Waals surface area (Å²) >= 11 is 0. The van der Waals surface area contributed by atoms with Crippen molar-refractivity contribution < 1.29 is 0 Å². The van der Waals surface area contributed by atoms with Crippen molar-refractivity contribution in [3.63, 3.8) is 0 Å². The number of piperazine rings is 1. The van der Waals surface area contributed by atoms with Gasteiger partial charge in [-0.3, -0.25) is 9.88 Å². The predicted octanol–water partition coefficient (Wildman–Crippen LogP) is 2.06. The van der Waals surface area contributed by atoms with Crippen molar-refractivity contribution in [1.29, 1.82) is 0 Å². The molecule has 0 aliphatic carbocycles. The lowest BCUT2D eigenvalue weighted by Crippen LogP contribution is -2.58. The summed E-state index contributed by atoms with van der Waals surface area (Å²) in [7, 11) is 2.22. The fourth-order valence-electron chi connectivity index (χ4n) is 4.13. The van der Waals surface area contributed by atoms with E-state index in [-0.39, 0.29) is 5.54 Å². The number of nitrogens with zero attached hydrogens (tertiary/aromatic N) is 3. The third-order valence-corrected chi connectivity index (χ3v) is 5.61. The van der Waals surface area contributed by atoms with E-state index in [1.807, 2.05) is 0 Å². The number of para-hydroxylation sites is 1. The van der Waals surface area contributed by atoms with Crippen LogP contribution in [0.2, 0.25) is 0 Å². The van der Waals surface area contributed by atoms with Crippen LogP contribution in [0.1, 0.15) is 18.5 Å². The number of fused-ring (bicyclic) bond motifs is 1. The van der Waals surface area contributed by atoms with Crippen LogP contribution >= 0.6 is 0 Å². The normalized spacial score (nSPS) is 23.2. The maximum Gasteiger partial charge on any atom is 0.0706 e. The zero-order valence-corrected chi connectivity index (χ0v) is 14.0. The maximum atomic E-state index is 5.08. The lowest BCUT2D eigenvalue weighted by molar-refractivity contribution is 0.0122. The molecule has 0 amide bonds. The van der Waals surface area contributed by atoms with Crippen LogP contribution in [0.4, 0.5) is 0 Å². The Bertz CT molecular complexity index is 670. The minimum Gasteiger partial charge on any atom is -0.317 e. The molecule has 1 N–H and O–H groups in total. The van der Waals surface area contributed by atoms with Gasteiger partial charge in [0, 0.05) is 31.6 Å². The number of benzene rings is 1. The van der Waals surface area contributed by atoms with Crippen LogP contribution in [-0.2, 0) is 5.54 Å². The van der Waals surface area contributed by atoms with Crippen LogP contribution in [0.25, 0.3) is 10.9 Å². The highest BCUT2D eigenvalue weighted by Crippen LogP contribution is 2.37. The minimum absolute atomic E-state index is 0.108. The number of hydrogen-bond donors (Lipinski definition) is 1. The Labute approximate surface area is 138 Å². The molecule has 0 atom stereocenters. The minimum atomic E-state index is 0.108. The molecule has 0 unspecified atom stereocenters. The standard InChI is InChI=1S/C19H26N4/c1-22-12-14-23(15-13-22)19(8-10-20-11-9-19)18-7-6-16-4-2-3-5-17(16)21-18/h2-7,20H,8-15H2,1H3. The average molecular weight is 310 g/mol. The summed E-state index contributed by atoms with van der Waals surface area (Å²) < 4.78 is 0. The Morgan fingerprint density at radius 3 is 2.48 bits per heavy atom. The topological polar surface area (TPSA) is 31.4 Å². The second kappa shape index (κ2) is 6.19. The van der Waals surface area contributed by atoms with E-state index < -0.39 is 0 Å². The molecular formula is C19H26N4. The van der Waals surface area contributed by atoms with Gasteiger partial charge in [0.25, 0.3) is 0 Å². The van der Waals surface area contributed by atoms with E-state index in [4.69, 9.17) is 4.98 Å². The number of pyridine rings is 1.